The summed E-state index contributed by atoms with van der Waals surface area (Å²) in [7, 11) is 0. The number of aromatic nitrogens is 3. The summed E-state index contributed by atoms with van der Waals surface area (Å²) in [5, 5.41) is 0. The van der Waals surface area contributed by atoms with E-state index in [1.165, 1.54) is 12.8 Å². The lowest BCUT2D eigenvalue weighted by atomic mass is 10.2. The molecule has 0 unspecified atom stereocenters. The van der Waals surface area contributed by atoms with E-state index >= 15 is 0 Å². The van der Waals surface area contributed by atoms with Gasteiger partial charge in [0.1, 0.15) is 0 Å². The quantitative estimate of drug-likeness (QED) is 0.738. The van der Waals surface area contributed by atoms with Crippen molar-refractivity contribution in [3.05, 3.63) is 60.7 Å². The van der Waals surface area contributed by atoms with Crippen LogP contribution >= 0.6 is 0 Å². The first kappa shape index (κ1) is 13.9. The van der Waals surface area contributed by atoms with Gasteiger partial charge in [-0.15, -0.1) is 0 Å². The van der Waals surface area contributed by atoms with Gasteiger partial charge in [0.2, 0.25) is 5.95 Å². The highest BCUT2D eigenvalue weighted by atomic mass is 15.3. The average molecular weight is 302 g/mol. The second kappa shape index (κ2) is 6.16. The summed E-state index contributed by atoms with van der Waals surface area (Å²) < 4.78 is 0. The van der Waals surface area contributed by atoms with Gasteiger partial charge in [-0.2, -0.15) is 9.97 Å². The van der Waals surface area contributed by atoms with Crippen molar-refractivity contribution >= 4 is 5.95 Å². The highest BCUT2D eigenvalue weighted by Gasteiger charge is 2.18. The fourth-order valence-electron chi connectivity index (χ4n) is 2.86. The maximum absolute atomic E-state index is 4.71. The molecule has 1 fully saturated rings. The van der Waals surface area contributed by atoms with E-state index in [2.05, 4.69) is 4.90 Å². The van der Waals surface area contributed by atoms with Crippen LogP contribution < -0.4 is 4.90 Å². The normalized spacial score (nSPS) is 14.2. The molecule has 0 saturated carbocycles. The molecule has 1 aromatic heterocycles. The Kier molecular flexibility index (Phi) is 3.72. The van der Waals surface area contributed by atoms with Crippen LogP contribution in [0.3, 0.4) is 0 Å². The zero-order valence-electron chi connectivity index (χ0n) is 12.9. The molecule has 23 heavy (non-hydrogen) atoms. The van der Waals surface area contributed by atoms with Gasteiger partial charge in [0, 0.05) is 24.2 Å². The molecule has 0 atom stereocenters. The molecule has 114 valence electrons. The Morgan fingerprint density at radius 3 is 1.57 bits per heavy atom. The monoisotopic (exact) mass is 302 g/mol. The van der Waals surface area contributed by atoms with E-state index in [0.29, 0.717) is 0 Å². The minimum atomic E-state index is 0.737. The molecular formula is C19H18N4. The summed E-state index contributed by atoms with van der Waals surface area (Å²) in [6, 6.07) is 20.2. The Bertz CT molecular complexity index is 723. The summed E-state index contributed by atoms with van der Waals surface area (Å²) >= 11 is 0. The fourth-order valence-corrected chi connectivity index (χ4v) is 2.86. The van der Waals surface area contributed by atoms with Crippen LogP contribution in [0.2, 0.25) is 0 Å². The lowest BCUT2D eigenvalue weighted by molar-refractivity contribution is 0.886. The molecule has 0 N–H and O–H groups in total. The van der Waals surface area contributed by atoms with Gasteiger partial charge in [0.15, 0.2) is 11.6 Å². The number of hydrogen-bond donors (Lipinski definition) is 0. The van der Waals surface area contributed by atoms with Crippen molar-refractivity contribution in [2.45, 2.75) is 12.8 Å². The van der Waals surface area contributed by atoms with E-state index in [9.17, 15) is 0 Å². The van der Waals surface area contributed by atoms with Crippen molar-refractivity contribution in [3.8, 4) is 22.8 Å². The number of hydrogen-bond acceptors (Lipinski definition) is 4. The molecule has 2 aromatic carbocycles. The Morgan fingerprint density at radius 1 is 0.609 bits per heavy atom. The number of anilines is 1. The average Bonchev–Trinajstić information content (AvgIpc) is 3.18. The van der Waals surface area contributed by atoms with E-state index in [1.807, 2.05) is 60.7 Å². The maximum Gasteiger partial charge on any atom is 0.229 e. The third kappa shape index (κ3) is 2.93. The summed E-state index contributed by atoms with van der Waals surface area (Å²) in [4.78, 5) is 16.4. The highest BCUT2D eigenvalue weighted by molar-refractivity contribution is 5.63. The Balaban J connectivity index is 1.84. The molecule has 1 aliphatic rings. The van der Waals surface area contributed by atoms with Gasteiger partial charge in [0.25, 0.3) is 0 Å². The predicted molar refractivity (Wildman–Crippen MR) is 92.1 cm³/mol. The third-order valence-electron chi connectivity index (χ3n) is 4.08. The van der Waals surface area contributed by atoms with Gasteiger partial charge >= 0.3 is 0 Å². The van der Waals surface area contributed by atoms with Crippen LogP contribution in [0.5, 0.6) is 0 Å². The van der Waals surface area contributed by atoms with Crippen LogP contribution in [0, 0.1) is 0 Å². The first-order chi connectivity index (χ1) is 11.4. The summed E-state index contributed by atoms with van der Waals surface area (Å²) in [6.07, 6.45) is 2.40. The molecule has 3 aromatic rings. The second-order valence-electron chi connectivity index (χ2n) is 5.71. The molecule has 0 amide bonds. The molecule has 4 nitrogen and oxygen atoms in total. The Hall–Kier alpha value is -2.75. The van der Waals surface area contributed by atoms with Crippen molar-refractivity contribution in [3.63, 3.8) is 0 Å². The highest BCUT2D eigenvalue weighted by Crippen LogP contribution is 2.24. The molecule has 1 saturated heterocycles. The standard InChI is InChI=1S/C19H18N4/c1-3-9-15(10-4-1)17-20-18(16-11-5-2-6-12-16)22-19(21-17)23-13-7-8-14-23/h1-6,9-12H,7-8,13-14H2. The van der Waals surface area contributed by atoms with Gasteiger partial charge in [0.05, 0.1) is 0 Å². The van der Waals surface area contributed by atoms with Crippen LogP contribution in [0.15, 0.2) is 60.7 Å². The van der Waals surface area contributed by atoms with Gasteiger partial charge in [-0.1, -0.05) is 60.7 Å². The van der Waals surface area contributed by atoms with Gasteiger partial charge in [-0.05, 0) is 12.8 Å². The first-order valence-electron chi connectivity index (χ1n) is 8.02. The topological polar surface area (TPSA) is 41.9 Å². The Morgan fingerprint density at radius 2 is 1.09 bits per heavy atom. The minimum Gasteiger partial charge on any atom is -0.341 e. The minimum absolute atomic E-state index is 0.737. The molecule has 0 radical (unpaired) electrons. The summed E-state index contributed by atoms with van der Waals surface area (Å²) in [6.45, 7) is 2.04. The zero-order valence-corrected chi connectivity index (χ0v) is 12.9. The molecule has 0 bridgehead atoms. The summed E-state index contributed by atoms with van der Waals surface area (Å²) in [5.74, 6) is 2.26. The largest absolute Gasteiger partial charge is 0.341 e. The number of rotatable bonds is 3. The van der Waals surface area contributed by atoms with Crippen LogP contribution in [0.25, 0.3) is 22.8 Å². The molecule has 4 heteroatoms. The van der Waals surface area contributed by atoms with Crippen LogP contribution in [-0.4, -0.2) is 28.0 Å². The smallest absolute Gasteiger partial charge is 0.229 e. The van der Waals surface area contributed by atoms with Crippen molar-refractivity contribution < 1.29 is 0 Å². The Labute approximate surface area is 135 Å². The lowest BCUT2D eigenvalue weighted by Gasteiger charge is -2.16. The van der Waals surface area contributed by atoms with E-state index in [-0.39, 0.29) is 0 Å². The molecule has 1 aliphatic heterocycles. The molecular weight excluding hydrogens is 284 g/mol. The third-order valence-corrected chi connectivity index (χ3v) is 4.08. The van der Waals surface area contributed by atoms with Crippen molar-refractivity contribution in [2.24, 2.45) is 0 Å². The maximum atomic E-state index is 4.71. The second-order valence-corrected chi connectivity index (χ2v) is 5.71. The molecule has 2 heterocycles. The SMILES string of the molecule is c1ccc(-c2nc(-c3ccccc3)nc(N3CCCC3)n2)cc1. The van der Waals surface area contributed by atoms with Gasteiger partial charge in [-0.25, -0.2) is 4.98 Å². The van der Waals surface area contributed by atoms with Crippen molar-refractivity contribution in [2.75, 3.05) is 18.0 Å². The summed E-state index contributed by atoms with van der Waals surface area (Å²) in [5.41, 5.74) is 2.04. The van der Waals surface area contributed by atoms with Crippen molar-refractivity contribution in [1.29, 1.82) is 0 Å². The first-order valence-corrected chi connectivity index (χ1v) is 8.02. The van der Waals surface area contributed by atoms with Gasteiger partial charge < -0.3 is 4.90 Å². The fraction of sp³-hybridized carbons (Fsp3) is 0.211. The predicted octanol–water partition coefficient (Wildman–Crippen LogP) is 3.81. The van der Waals surface area contributed by atoms with E-state index in [0.717, 1.165) is 41.8 Å². The number of nitrogens with zero attached hydrogens (tertiary/aromatic N) is 4. The molecule has 0 spiro atoms. The van der Waals surface area contributed by atoms with Gasteiger partial charge in [-0.3, -0.25) is 0 Å². The van der Waals surface area contributed by atoms with E-state index in [1.54, 1.807) is 0 Å². The zero-order chi connectivity index (χ0) is 15.5. The van der Waals surface area contributed by atoms with E-state index in [4.69, 9.17) is 15.0 Å². The molecule has 0 aliphatic carbocycles. The van der Waals surface area contributed by atoms with Crippen LogP contribution in [0.1, 0.15) is 12.8 Å². The van der Waals surface area contributed by atoms with Crippen LogP contribution in [-0.2, 0) is 0 Å². The van der Waals surface area contributed by atoms with Crippen molar-refractivity contribution in [1.82, 2.24) is 15.0 Å². The van der Waals surface area contributed by atoms with Crippen LogP contribution in [0.4, 0.5) is 5.95 Å². The number of benzene rings is 2. The van der Waals surface area contributed by atoms with E-state index < -0.39 is 0 Å². The molecule has 4 rings (SSSR count). The lowest BCUT2D eigenvalue weighted by Crippen LogP contribution is -2.21.